The van der Waals surface area contributed by atoms with Crippen LogP contribution in [0.4, 0.5) is 4.39 Å². The summed E-state index contributed by atoms with van der Waals surface area (Å²) >= 11 is 0. The standard InChI is InChI=1S/C23H24FN5O/c1-15-26-9-16(10-27-15)11-28-12-18-13-29(23(30)21-6-3-7-25-21)22(20(18)14-28)17-4-2-5-19(24)8-17/h2-10,18,20,22,25H,11-14H2,1H3/t18-,20-,22+/m0/s1. The SMILES string of the molecule is Cc1ncc(CN2C[C@H]3CN(C(=O)c4ccc[nH]4)[C@H](c4cccc(F)c4)[C@H]3C2)cn1. The van der Waals surface area contributed by atoms with E-state index >= 15 is 0 Å². The molecule has 5 rings (SSSR count). The minimum Gasteiger partial charge on any atom is -0.357 e. The Morgan fingerprint density at radius 1 is 1.17 bits per heavy atom. The van der Waals surface area contributed by atoms with Crippen molar-refractivity contribution in [1.82, 2.24) is 24.8 Å². The van der Waals surface area contributed by atoms with Crippen LogP contribution in [0, 0.1) is 24.6 Å². The summed E-state index contributed by atoms with van der Waals surface area (Å²) in [4.78, 5) is 29.1. The van der Waals surface area contributed by atoms with Crippen LogP contribution in [0.2, 0.25) is 0 Å². The summed E-state index contributed by atoms with van der Waals surface area (Å²) in [5.41, 5.74) is 2.52. The average Bonchev–Trinajstić information content (AvgIpc) is 3.45. The second-order valence-electron chi connectivity index (χ2n) is 8.30. The predicted molar refractivity (Wildman–Crippen MR) is 110 cm³/mol. The summed E-state index contributed by atoms with van der Waals surface area (Å²) in [6.45, 7) is 5.09. The normalized spacial score (nSPS) is 23.7. The number of hydrogen-bond acceptors (Lipinski definition) is 4. The van der Waals surface area contributed by atoms with Gasteiger partial charge in [0.25, 0.3) is 5.91 Å². The van der Waals surface area contributed by atoms with Crippen molar-refractivity contribution in [2.45, 2.75) is 19.5 Å². The molecular weight excluding hydrogens is 381 g/mol. The van der Waals surface area contributed by atoms with Crippen LogP contribution in [-0.2, 0) is 6.54 Å². The van der Waals surface area contributed by atoms with Crippen molar-refractivity contribution in [2.75, 3.05) is 19.6 Å². The number of fused-ring (bicyclic) bond motifs is 1. The average molecular weight is 405 g/mol. The van der Waals surface area contributed by atoms with Gasteiger partial charge >= 0.3 is 0 Å². The third kappa shape index (κ3) is 3.50. The van der Waals surface area contributed by atoms with E-state index in [2.05, 4.69) is 19.9 Å². The van der Waals surface area contributed by atoms with Gasteiger partial charge in [0.15, 0.2) is 0 Å². The Hall–Kier alpha value is -3.06. The molecular formula is C23H24FN5O. The lowest BCUT2D eigenvalue weighted by atomic mass is 9.89. The first-order valence-electron chi connectivity index (χ1n) is 10.3. The van der Waals surface area contributed by atoms with Crippen molar-refractivity contribution in [2.24, 2.45) is 11.8 Å². The first-order valence-corrected chi connectivity index (χ1v) is 10.3. The second kappa shape index (κ2) is 7.65. The number of hydrogen-bond donors (Lipinski definition) is 1. The zero-order valence-corrected chi connectivity index (χ0v) is 16.8. The molecule has 7 heteroatoms. The van der Waals surface area contributed by atoms with Gasteiger partial charge in [0.05, 0.1) is 6.04 Å². The molecule has 3 atom stereocenters. The van der Waals surface area contributed by atoms with Gasteiger partial charge in [0, 0.05) is 56.3 Å². The van der Waals surface area contributed by atoms with Crippen molar-refractivity contribution in [3.8, 4) is 0 Å². The van der Waals surface area contributed by atoms with Crippen molar-refractivity contribution < 1.29 is 9.18 Å². The molecule has 6 nitrogen and oxygen atoms in total. The Bertz CT molecular complexity index is 1040. The molecule has 0 aliphatic carbocycles. The van der Waals surface area contributed by atoms with Crippen LogP contribution in [0.1, 0.15) is 33.5 Å². The largest absolute Gasteiger partial charge is 0.357 e. The van der Waals surface area contributed by atoms with E-state index in [0.29, 0.717) is 18.2 Å². The molecule has 0 radical (unpaired) electrons. The van der Waals surface area contributed by atoms with E-state index < -0.39 is 0 Å². The molecule has 154 valence electrons. The molecule has 1 N–H and O–H groups in total. The molecule has 2 fully saturated rings. The summed E-state index contributed by atoms with van der Waals surface area (Å²) in [6.07, 6.45) is 5.51. The minimum atomic E-state index is -0.269. The molecule has 0 bridgehead atoms. The zero-order valence-electron chi connectivity index (χ0n) is 16.8. The molecule has 30 heavy (non-hydrogen) atoms. The summed E-state index contributed by atoms with van der Waals surface area (Å²) in [5.74, 6) is 1.08. The van der Waals surface area contributed by atoms with Gasteiger partial charge in [0.1, 0.15) is 17.3 Å². The molecule has 0 saturated carbocycles. The number of aromatic amines is 1. The van der Waals surface area contributed by atoms with Crippen LogP contribution in [0.5, 0.6) is 0 Å². The fourth-order valence-corrected chi connectivity index (χ4v) is 4.97. The Morgan fingerprint density at radius 2 is 2.00 bits per heavy atom. The number of H-pyrrole nitrogens is 1. The highest BCUT2D eigenvalue weighted by Gasteiger charge is 2.49. The number of carbonyl (C=O) groups is 1. The summed E-state index contributed by atoms with van der Waals surface area (Å²) in [7, 11) is 0. The molecule has 1 amide bonds. The quantitative estimate of drug-likeness (QED) is 0.724. The van der Waals surface area contributed by atoms with Gasteiger partial charge in [-0.1, -0.05) is 12.1 Å². The number of aromatic nitrogens is 3. The first kappa shape index (κ1) is 18.9. The van der Waals surface area contributed by atoms with Gasteiger partial charge in [-0.25, -0.2) is 14.4 Å². The minimum absolute atomic E-state index is 0.0258. The number of nitrogens with one attached hydrogen (secondary N) is 1. The summed E-state index contributed by atoms with van der Waals surface area (Å²) in [6, 6.07) is 10.2. The highest BCUT2D eigenvalue weighted by atomic mass is 19.1. The molecule has 2 aromatic heterocycles. The number of nitrogens with zero attached hydrogens (tertiary/aromatic N) is 4. The highest BCUT2D eigenvalue weighted by molar-refractivity contribution is 5.93. The number of aryl methyl sites for hydroxylation is 1. The van der Waals surface area contributed by atoms with E-state index in [-0.39, 0.29) is 23.7 Å². The van der Waals surface area contributed by atoms with Crippen molar-refractivity contribution in [3.63, 3.8) is 0 Å². The summed E-state index contributed by atoms with van der Waals surface area (Å²) in [5, 5.41) is 0. The van der Waals surface area contributed by atoms with Gasteiger partial charge < -0.3 is 9.88 Å². The van der Waals surface area contributed by atoms with Crippen molar-refractivity contribution >= 4 is 5.91 Å². The first-order chi connectivity index (χ1) is 14.6. The van der Waals surface area contributed by atoms with Crippen LogP contribution in [0.15, 0.2) is 55.0 Å². The maximum absolute atomic E-state index is 14.0. The number of rotatable bonds is 4. The lowest BCUT2D eigenvalue weighted by Gasteiger charge is -2.29. The monoisotopic (exact) mass is 405 g/mol. The van der Waals surface area contributed by atoms with Gasteiger partial charge in [-0.2, -0.15) is 0 Å². The Balaban J connectivity index is 1.40. The van der Waals surface area contributed by atoms with Gasteiger partial charge in [0.2, 0.25) is 0 Å². The third-order valence-corrected chi connectivity index (χ3v) is 6.26. The predicted octanol–water partition coefficient (Wildman–Crippen LogP) is 3.20. The zero-order chi connectivity index (χ0) is 20.7. The van der Waals surface area contributed by atoms with E-state index in [4.69, 9.17) is 0 Å². The van der Waals surface area contributed by atoms with E-state index in [1.807, 2.05) is 36.4 Å². The topological polar surface area (TPSA) is 65.1 Å². The second-order valence-corrected chi connectivity index (χ2v) is 8.30. The lowest BCUT2D eigenvalue weighted by Crippen LogP contribution is -2.35. The molecule has 3 aromatic rings. The Labute approximate surface area is 174 Å². The molecule has 2 saturated heterocycles. The Morgan fingerprint density at radius 3 is 2.73 bits per heavy atom. The maximum atomic E-state index is 14.0. The van der Waals surface area contributed by atoms with Crippen LogP contribution < -0.4 is 0 Å². The molecule has 4 heterocycles. The molecule has 0 spiro atoms. The van der Waals surface area contributed by atoms with Crippen LogP contribution in [0.3, 0.4) is 0 Å². The smallest absolute Gasteiger partial charge is 0.270 e. The molecule has 2 aliphatic heterocycles. The number of benzene rings is 1. The van der Waals surface area contributed by atoms with Crippen LogP contribution in [0.25, 0.3) is 0 Å². The fourth-order valence-electron chi connectivity index (χ4n) is 4.97. The maximum Gasteiger partial charge on any atom is 0.270 e. The number of halogens is 1. The number of likely N-dealkylation sites (tertiary alicyclic amines) is 2. The van der Waals surface area contributed by atoms with Crippen LogP contribution in [-0.4, -0.2) is 50.3 Å². The van der Waals surface area contributed by atoms with E-state index in [1.54, 1.807) is 24.4 Å². The molecule has 1 aromatic carbocycles. The molecule has 0 unspecified atom stereocenters. The van der Waals surface area contributed by atoms with Crippen LogP contribution >= 0.6 is 0 Å². The number of amides is 1. The summed E-state index contributed by atoms with van der Waals surface area (Å²) < 4.78 is 14.0. The number of carbonyl (C=O) groups excluding carboxylic acids is 1. The highest BCUT2D eigenvalue weighted by Crippen LogP contribution is 2.45. The third-order valence-electron chi connectivity index (χ3n) is 6.26. The fraction of sp³-hybridized carbons (Fsp3) is 0.348. The van der Waals surface area contributed by atoms with E-state index in [0.717, 1.165) is 36.6 Å². The Kier molecular flexibility index (Phi) is 4.83. The van der Waals surface area contributed by atoms with E-state index in [1.165, 1.54) is 6.07 Å². The van der Waals surface area contributed by atoms with Gasteiger partial charge in [-0.15, -0.1) is 0 Å². The van der Waals surface area contributed by atoms with Gasteiger partial charge in [-0.05, 0) is 42.7 Å². The van der Waals surface area contributed by atoms with Crippen molar-refractivity contribution in [3.05, 3.63) is 83.5 Å². The van der Waals surface area contributed by atoms with Gasteiger partial charge in [-0.3, -0.25) is 9.69 Å². The molecule has 2 aliphatic rings. The van der Waals surface area contributed by atoms with E-state index in [9.17, 15) is 9.18 Å². The van der Waals surface area contributed by atoms with Crippen molar-refractivity contribution in [1.29, 1.82) is 0 Å². The lowest BCUT2D eigenvalue weighted by molar-refractivity contribution is 0.0694.